The van der Waals surface area contributed by atoms with Gasteiger partial charge in [0.2, 0.25) is 0 Å². The summed E-state index contributed by atoms with van der Waals surface area (Å²) in [4.78, 5) is 23.4. The monoisotopic (exact) mass is 390 g/mol. The highest BCUT2D eigenvalue weighted by atomic mass is 32.1. The minimum absolute atomic E-state index is 0.0198. The number of benzene rings is 3. The first-order valence-corrected chi connectivity index (χ1v) is 8.40. The van der Waals surface area contributed by atoms with E-state index in [0.717, 1.165) is 0 Å². The number of nitriles is 1. The topological polar surface area (TPSA) is 112 Å². The molecule has 0 saturated carbocycles. The van der Waals surface area contributed by atoms with Crippen LogP contribution in [0.15, 0.2) is 69.9 Å². The van der Waals surface area contributed by atoms with Crippen molar-refractivity contribution in [3.8, 4) is 33.6 Å². The second-order valence-electron chi connectivity index (χ2n) is 5.76. The fraction of sp³-hybridized carbons (Fsp3) is 0. The van der Waals surface area contributed by atoms with Gasteiger partial charge in [0.1, 0.15) is 17.1 Å². The quantitative estimate of drug-likeness (QED) is 0.302. The van der Waals surface area contributed by atoms with Gasteiger partial charge in [0.25, 0.3) is 0 Å². The van der Waals surface area contributed by atoms with Crippen LogP contribution in [0.5, 0.6) is 5.75 Å². The molecule has 0 unspecified atom stereocenters. The predicted molar refractivity (Wildman–Crippen MR) is 106 cm³/mol. The van der Waals surface area contributed by atoms with Gasteiger partial charge in [-0.3, -0.25) is 4.79 Å². The molecule has 2 aromatic carbocycles. The van der Waals surface area contributed by atoms with Crippen LogP contribution in [0.4, 0.5) is 0 Å². The van der Waals surface area contributed by atoms with Gasteiger partial charge in [-0.25, -0.2) is 10.1 Å². The Hall–Kier alpha value is -3.89. The summed E-state index contributed by atoms with van der Waals surface area (Å²) in [5.74, 6) is -0.691. The van der Waals surface area contributed by atoms with E-state index in [0.29, 0.717) is 33.4 Å². The van der Waals surface area contributed by atoms with Crippen LogP contribution in [0.25, 0.3) is 33.4 Å². The highest BCUT2D eigenvalue weighted by Crippen LogP contribution is 2.41. The molecule has 1 heterocycles. The predicted octanol–water partition coefficient (Wildman–Crippen LogP) is 3.98. The van der Waals surface area contributed by atoms with Crippen LogP contribution in [0.2, 0.25) is 0 Å². The Morgan fingerprint density at radius 2 is 1.75 bits per heavy atom. The second kappa shape index (κ2) is 7.78. The number of carboxylic acid groups (broad SMARTS) is 1. The lowest BCUT2D eigenvalue weighted by Gasteiger charge is -2.16. The molecule has 0 saturated heterocycles. The number of phenolic OH excluding ortho intramolecular Hbond substituents is 1. The fourth-order valence-corrected chi connectivity index (χ4v) is 3.04. The standard InChI is InChI=1S/C20H12O5.CHNS/c21-11-5-7-15-17(9-11)25-18-10-12(22)6-8-16(18)19(15)13-3-1-2-4-14(13)20(23)24;2-1-3/h1-10,21H,(H,23,24);3H/p-1. The van der Waals surface area contributed by atoms with E-state index >= 15 is 0 Å². The van der Waals surface area contributed by atoms with Gasteiger partial charge in [-0.1, -0.05) is 23.6 Å². The number of aromatic hydroxyl groups is 1. The van der Waals surface area contributed by atoms with E-state index in [4.69, 9.17) is 9.68 Å². The van der Waals surface area contributed by atoms with Crippen LogP contribution in [0, 0.1) is 10.7 Å². The number of fused-ring (bicyclic) bond motifs is 2. The number of rotatable bonds is 2. The number of hydrogen-bond donors (Lipinski definition) is 2. The fourth-order valence-electron chi connectivity index (χ4n) is 3.04. The molecule has 0 fully saturated rings. The van der Waals surface area contributed by atoms with Gasteiger partial charge in [-0.2, -0.15) is 0 Å². The van der Waals surface area contributed by atoms with Crippen molar-refractivity contribution in [1.82, 2.24) is 0 Å². The number of aromatic carboxylic acids is 1. The summed E-state index contributed by atoms with van der Waals surface area (Å²) in [5, 5.41) is 28.4. The molecule has 28 heavy (non-hydrogen) atoms. The van der Waals surface area contributed by atoms with Gasteiger partial charge in [0.15, 0.2) is 5.43 Å². The number of thiocyanates is 1. The van der Waals surface area contributed by atoms with E-state index in [9.17, 15) is 19.8 Å². The third-order valence-electron chi connectivity index (χ3n) is 4.10. The normalized spacial score (nSPS) is 10.1. The maximum absolute atomic E-state index is 11.7. The zero-order valence-electron chi connectivity index (χ0n) is 14.2. The Balaban J connectivity index is 0.000000706. The van der Waals surface area contributed by atoms with Crippen LogP contribution < -0.4 is 5.43 Å². The molecule has 0 amide bonds. The van der Waals surface area contributed by atoms with Crippen LogP contribution in [0.1, 0.15) is 10.4 Å². The largest absolute Gasteiger partial charge is 0.696 e. The van der Waals surface area contributed by atoms with Gasteiger partial charge < -0.3 is 27.3 Å². The number of carbonyl (C=O) groups is 1. The highest BCUT2D eigenvalue weighted by Gasteiger charge is 2.21. The van der Waals surface area contributed by atoms with E-state index in [1.807, 2.05) is 0 Å². The molecule has 7 heteroatoms. The Morgan fingerprint density at radius 3 is 2.46 bits per heavy atom. The number of phenols is 1. The van der Waals surface area contributed by atoms with Crippen molar-refractivity contribution in [3.05, 3.63) is 76.5 Å². The number of hydrogen-bond acceptors (Lipinski definition) is 6. The summed E-state index contributed by atoms with van der Waals surface area (Å²) in [6.07, 6.45) is 0. The van der Waals surface area contributed by atoms with Crippen molar-refractivity contribution in [1.29, 1.82) is 5.26 Å². The maximum atomic E-state index is 11.7. The number of carboxylic acids is 1. The average Bonchev–Trinajstić information content (AvgIpc) is 2.66. The Labute approximate surface area is 164 Å². The minimum Gasteiger partial charge on any atom is -0.696 e. The average molecular weight is 390 g/mol. The first-order chi connectivity index (χ1) is 13.5. The zero-order valence-corrected chi connectivity index (χ0v) is 15.1. The van der Waals surface area contributed by atoms with E-state index in [1.165, 1.54) is 35.7 Å². The summed E-state index contributed by atoms with van der Waals surface area (Å²) in [7, 11) is 0. The van der Waals surface area contributed by atoms with Crippen LogP contribution in [-0.4, -0.2) is 16.2 Å². The molecule has 2 aliphatic rings. The van der Waals surface area contributed by atoms with E-state index in [2.05, 4.69) is 12.6 Å². The molecule has 0 radical (unpaired) electrons. The molecule has 1 aliphatic heterocycles. The van der Waals surface area contributed by atoms with Gasteiger partial charge in [-0.05, 0) is 35.9 Å². The summed E-state index contributed by atoms with van der Waals surface area (Å²) in [5.41, 5.74) is 2.10. The summed E-state index contributed by atoms with van der Waals surface area (Å²) in [6, 6.07) is 15.7. The van der Waals surface area contributed by atoms with Gasteiger partial charge in [0, 0.05) is 28.6 Å². The molecule has 2 N–H and O–H groups in total. The maximum Gasteiger partial charge on any atom is 0.336 e. The summed E-state index contributed by atoms with van der Waals surface area (Å²) in [6.45, 7) is 0. The van der Waals surface area contributed by atoms with Crippen molar-refractivity contribution < 1.29 is 19.4 Å². The van der Waals surface area contributed by atoms with Crippen molar-refractivity contribution in [2.24, 2.45) is 0 Å². The van der Waals surface area contributed by atoms with E-state index in [-0.39, 0.29) is 16.7 Å². The lowest BCUT2D eigenvalue weighted by molar-refractivity contribution is 0.0697. The Morgan fingerprint density at radius 1 is 1.04 bits per heavy atom. The molecule has 2 aromatic rings. The van der Waals surface area contributed by atoms with Gasteiger partial charge in [0.05, 0.1) is 5.56 Å². The number of nitrogens with zero attached hydrogens (tertiary/aromatic N) is 1. The van der Waals surface area contributed by atoms with Crippen molar-refractivity contribution >= 4 is 29.6 Å². The molecule has 4 rings (SSSR count). The summed E-state index contributed by atoms with van der Waals surface area (Å²) < 4.78 is 5.76. The molecule has 1 aliphatic carbocycles. The zero-order chi connectivity index (χ0) is 20.3. The van der Waals surface area contributed by atoms with E-state index < -0.39 is 5.97 Å². The smallest absolute Gasteiger partial charge is 0.336 e. The first kappa shape index (κ1) is 18.9. The van der Waals surface area contributed by atoms with Crippen LogP contribution in [0.3, 0.4) is 0 Å². The van der Waals surface area contributed by atoms with E-state index in [1.54, 1.807) is 30.3 Å². The lowest BCUT2D eigenvalue weighted by Crippen LogP contribution is -2.03. The van der Waals surface area contributed by atoms with Crippen molar-refractivity contribution in [2.45, 2.75) is 0 Å². The second-order valence-corrected chi connectivity index (χ2v) is 5.94. The van der Waals surface area contributed by atoms with Crippen molar-refractivity contribution in [2.75, 3.05) is 0 Å². The molecular weight excluding hydrogens is 378 g/mol. The third kappa shape index (κ3) is 3.49. The Kier molecular flexibility index (Phi) is 5.25. The molecule has 0 bridgehead atoms. The molecule has 6 nitrogen and oxygen atoms in total. The van der Waals surface area contributed by atoms with Gasteiger partial charge >= 0.3 is 5.97 Å². The Bertz CT molecular complexity index is 1260. The van der Waals surface area contributed by atoms with Crippen LogP contribution >= 0.6 is 0 Å². The molecule has 0 spiro atoms. The molecule has 0 aromatic heterocycles. The highest BCUT2D eigenvalue weighted by molar-refractivity contribution is 7.64. The van der Waals surface area contributed by atoms with Crippen LogP contribution in [-0.2, 0) is 12.6 Å². The summed E-state index contributed by atoms with van der Waals surface area (Å²) >= 11 is 3.70. The lowest BCUT2D eigenvalue weighted by atomic mass is 9.91. The van der Waals surface area contributed by atoms with Crippen molar-refractivity contribution in [3.63, 3.8) is 0 Å². The third-order valence-corrected chi connectivity index (χ3v) is 4.10. The molecule has 0 atom stereocenters. The molecular formula is C21H12NO5S-. The minimum atomic E-state index is -1.04. The SMILES string of the molecule is N#C[S-].O=C(O)c1ccccc1-c1c2ccc(=O)cc-2oc2cc(O)ccc12. The molecule has 138 valence electrons. The first-order valence-electron chi connectivity index (χ1n) is 7.99. The van der Waals surface area contributed by atoms with Gasteiger partial charge in [-0.15, -0.1) is 0 Å².